The Kier molecular flexibility index (Phi) is 11.4. The third-order valence-corrected chi connectivity index (χ3v) is 3.70. The lowest BCUT2D eigenvalue weighted by atomic mass is 10.2. The number of carbonyl (C=O) groups excluding carboxylic acids is 1. The first kappa shape index (κ1) is 22.3. The van der Waals surface area contributed by atoms with Crippen LogP contribution >= 0.6 is 47.2 Å². The number of nitrogens with zero attached hydrogens (tertiary/aromatic N) is 2. The number of benzene rings is 1. The average molecular weight is 473 g/mol. The van der Waals surface area contributed by atoms with Crippen molar-refractivity contribution in [2.75, 3.05) is 27.2 Å². The molecular weight excluding hydrogens is 450 g/mol. The summed E-state index contributed by atoms with van der Waals surface area (Å²) in [6.45, 7) is 3.49. The van der Waals surface area contributed by atoms with E-state index in [4.69, 9.17) is 23.2 Å². The maximum absolute atomic E-state index is 11.6. The molecule has 8 heteroatoms. The zero-order valence-electron chi connectivity index (χ0n) is 13.5. The molecule has 2 N–H and O–H groups in total. The van der Waals surface area contributed by atoms with E-state index in [1.807, 2.05) is 31.0 Å². The number of carbonyl (C=O) groups is 1. The highest BCUT2D eigenvalue weighted by Crippen LogP contribution is 2.23. The molecule has 0 radical (unpaired) electrons. The van der Waals surface area contributed by atoms with Crippen molar-refractivity contribution in [3.05, 3.63) is 33.8 Å². The Balaban J connectivity index is 0.00000484. The monoisotopic (exact) mass is 472 g/mol. The predicted octanol–water partition coefficient (Wildman–Crippen LogP) is 3.14. The van der Waals surface area contributed by atoms with Crippen LogP contribution in [0.5, 0.6) is 0 Å². The van der Waals surface area contributed by atoms with Crippen LogP contribution in [0.4, 0.5) is 0 Å². The lowest BCUT2D eigenvalue weighted by Crippen LogP contribution is -2.43. The van der Waals surface area contributed by atoms with Gasteiger partial charge < -0.3 is 15.5 Å². The summed E-state index contributed by atoms with van der Waals surface area (Å²) in [4.78, 5) is 17.7. The zero-order chi connectivity index (χ0) is 16.5. The fraction of sp³-hybridized carbons (Fsp3) is 0.467. The Bertz CT molecular complexity index is 540. The van der Waals surface area contributed by atoms with Gasteiger partial charge in [-0.15, -0.1) is 24.0 Å². The molecule has 1 aromatic carbocycles. The Labute approximate surface area is 164 Å². The zero-order valence-corrected chi connectivity index (χ0v) is 17.4. The second-order valence-electron chi connectivity index (χ2n) is 4.86. The number of rotatable bonds is 6. The van der Waals surface area contributed by atoms with Gasteiger partial charge in [0.05, 0.1) is 16.6 Å². The van der Waals surface area contributed by atoms with Crippen molar-refractivity contribution >= 4 is 59.0 Å². The minimum absolute atomic E-state index is 0. The summed E-state index contributed by atoms with van der Waals surface area (Å²) in [6.07, 6.45) is 0.914. The standard InChI is InChI=1S/C15H22Cl2N4O.HI/c1-4-7-19-14(22)9-20-15(18-2)21(3)10-11-5-6-12(16)13(17)8-11;/h5-6,8H,4,7,9-10H2,1-3H3,(H,18,20)(H,19,22);1H. The lowest BCUT2D eigenvalue weighted by Gasteiger charge is -2.22. The minimum atomic E-state index is -0.0501. The first-order chi connectivity index (χ1) is 10.5. The summed E-state index contributed by atoms with van der Waals surface area (Å²) < 4.78 is 0. The summed E-state index contributed by atoms with van der Waals surface area (Å²) in [5.41, 5.74) is 1.01. The van der Waals surface area contributed by atoms with E-state index in [0.717, 1.165) is 12.0 Å². The second kappa shape index (κ2) is 11.8. The van der Waals surface area contributed by atoms with Crippen LogP contribution in [0, 0.1) is 0 Å². The van der Waals surface area contributed by atoms with Crippen molar-refractivity contribution in [3.63, 3.8) is 0 Å². The third kappa shape index (κ3) is 8.08. The normalized spacial score (nSPS) is 10.7. The van der Waals surface area contributed by atoms with Crippen LogP contribution < -0.4 is 10.6 Å². The van der Waals surface area contributed by atoms with Gasteiger partial charge in [0.15, 0.2) is 5.96 Å². The van der Waals surface area contributed by atoms with Crippen LogP contribution in [0.3, 0.4) is 0 Å². The van der Waals surface area contributed by atoms with Crippen LogP contribution in [0.2, 0.25) is 10.0 Å². The molecule has 0 saturated heterocycles. The highest BCUT2D eigenvalue weighted by molar-refractivity contribution is 14.0. The van der Waals surface area contributed by atoms with E-state index in [0.29, 0.717) is 29.1 Å². The quantitative estimate of drug-likeness (QED) is 0.380. The SMILES string of the molecule is CCCNC(=O)CNC(=NC)N(C)Cc1ccc(Cl)c(Cl)c1.I. The molecule has 0 bridgehead atoms. The second-order valence-corrected chi connectivity index (χ2v) is 5.67. The minimum Gasteiger partial charge on any atom is -0.355 e. The molecule has 23 heavy (non-hydrogen) atoms. The van der Waals surface area contributed by atoms with E-state index < -0.39 is 0 Å². The molecule has 0 heterocycles. The smallest absolute Gasteiger partial charge is 0.239 e. The van der Waals surface area contributed by atoms with Gasteiger partial charge in [0.1, 0.15) is 0 Å². The molecule has 0 spiro atoms. The Hall–Kier alpha value is -0.730. The molecule has 0 saturated carbocycles. The average Bonchev–Trinajstić information content (AvgIpc) is 2.49. The number of hydrogen-bond acceptors (Lipinski definition) is 2. The first-order valence-electron chi connectivity index (χ1n) is 7.10. The Morgan fingerprint density at radius 2 is 1.96 bits per heavy atom. The molecule has 0 aliphatic heterocycles. The molecule has 0 aliphatic rings. The van der Waals surface area contributed by atoms with Gasteiger partial charge in [0.2, 0.25) is 5.91 Å². The highest BCUT2D eigenvalue weighted by Gasteiger charge is 2.09. The summed E-state index contributed by atoms with van der Waals surface area (Å²) >= 11 is 11.9. The maximum Gasteiger partial charge on any atom is 0.239 e. The Morgan fingerprint density at radius 3 is 2.52 bits per heavy atom. The summed E-state index contributed by atoms with van der Waals surface area (Å²) in [5, 5.41) is 6.89. The van der Waals surface area contributed by atoms with Crippen LogP contribution in [0.25, 0.3) is 0 Å². The third-order valence-electron chi connectivity index (χ3n) is 2.96. The van der Waals surface area contributed by atoms with Gasteiger partial charge in [0.25, 0.3) is 0 Å². The number of halogens is 3. The van der Waals surface area contributed by atoms with Crippen LogP contribution in [-0.4, -0.2) is 44.0 Å². The Morgan fingerprint density at radius 1 is 1.26 bits per heavy atom. The molecule has 0 aliphatic carbocycles. The number of aliphatic imine (C=N–C) groups is 1. The van der Waals surface area contributed by atoms with Crippen molar-refractivity contribution in [3.8, 4) is 0 Å². The fourth-order valence-corrected chi connectivity index (χ4v) is 2.18. The van der Waals surface area contributed by atoms with E-state index in [2.05, 4.69) is 15.6 Å². The number of amides is 1. The summed E-state index contributed by atoms with van der Waals surface area (Å²) in [7, 11) is 3.57. The molecule has 1 rings (SSSR count). The summed E-state index contributed by atoms with van der Waals surface area (Å²) in [5.74, 6) is 0.587. The van der Waals surface area contributed by atoms with Crippen molar-refractivity contribution in [1.29, 1.82) is 0 Å². The molecular formula is C15H23Cl2IN4O. The molecule has 0 aromatic heterocycles. The topological polar surface area (TPSA) is 56.7 Å². The van der Waals surface area contributed by atoms with E-state index in [-0.39, 0.29) is 36.4 Å². The molecule has 5 nitrogen and oxygen atoms in total. The van der Waals surface area contributed by atoms with Gasteiger partial charge in [-0.2, -0.15) is 0 Å². The van der Waals surface area contributed by atoms with Gasteiger partial charge >= 0.3 is 0 Å². The van der Waals surface area contributed by atoms with Gasteiger partial charge in [-0.05, 0) is 24.1 Å². The van der Waals surface area contributed by atoms with Crippen molar-refractivity contribution in [1.82, 2.24) is 15.5 Å². The van der Waals surface area contributed by atoms with E-state index in [1.165, 1.54) is 0 Å². The van der Waals surface area contributed by atoms with Gasteiger partial charge in [0, 0.05) is 27.2 Å². The molecule has 0 fully saturated rings. The van der Waals surface area contributed by atoms with Crippen molar-refractivity contribution in [2.24, 2.45) is 4.99 Å². The predicted molar refractivity (Wildman–Crippen MR) is 108 cm³/mol. The van der Waals surface area contributed by atoms with Crippen LogP contribution in [0.15, 0.2) is 23.2 Å². The molecule has 0 unspecified atom stereocenters. The molecule has 130 valence electrons. The first-order valence-corrected chi connectivity index (χ1v) is 7.86. The number of hydrogen-bond donors (Lipinski definition) is 2. The van der Waals surface area contributed by atoms with Gasteiger partial charge in [-0.3, -0.25) is 9.79 Å². The number of guanidine groups is 1. The van der Waals surface area contributed by atoms with E-state index in [1.54, 1.807) is 13.1 Å². The number of nitrogens with one attached hydrogen (secondary N) is 2. The maximum atomic E-state index is 11.6. The summed E-state index contributed by atoms with van der Waals surface area (Å²) in [6, 6.07) is 5.50. The highest BCUT2D eigenvalue weighted by atomic mass is 127. The van der Waals surface area contributed by atoms with Crippen molar-refractivity contribution in [2.45, 2.75) is 19.9 Å². The van der Waals surface area contributed by atoms with Crippen molar-refractivity contribution < 1.29 is 4.79 Å². The van der Waals surface area contributed by atoms with E-state index >= 15 is 0 Å². The van der Waals surface area contributed by atoms with Crippen LogP contribution in [0.1, 0.15) is 18.9 Å². The fourth-order valence-electron chi connectivity index (χ4n) is 1.86. The van der Waals surface area contributed by atoms with Crippen LogP contribution in [-0.2, 0) is 11.3 Å². The van der Waals surface area contributed by atoms with Gasteiger partial charge in [-0.1, -0.05) is 36.2 Å². The van der Waals surface area contributed by atoms with E-state index in [9.17, 15) is 4.79 Å². The van der Waals surface area contributed by atoms with Gasteiger partial charge in [-0.25, -0.2) is 0 Å². The lowest BCUT2D eigenvalue weighted by molar-refractivity contribution is -0.120. The molecule has 1 amide bonds. The molecule has 1 aromatic rings. The largest absolute Gasteiger partial charge is 0.355 e. The molecule has 0 atom stereocenters.